The zero-order chi connectivity index (χ0) is 23.8. The Morgan fingerprint density at radius 3 is 2.03 bits per heavy atom. The zero-order valence-corrected chi connectivity index (χ0v) is 21.3. The van der Waals surface area contributed by atoms with Crippen molar-refractivity contribution in [3.05, 3.63) is 12.2 Å². The van der Waals surface area contributed by atoms with Gasteiger partial charge in [0.25, 0.3) is 0 Å². The summed E-state index contributed by atoms with van der Waals surface area (Å²) in [6.45, 7) is 8.09. The lowest BCUT2D eigenvalue weighted by Crippen LogP contribution is -2.53. The minimum Gasteiger partial charge on any atom is -0.391 e. The average molecular weight is 451 g/mol. The first-order valence-electron chi connectivity index (χ1n) is 13.4. The van der Waals surface area contributed by atoms with Gasteiger partial charge >= 0.3 is 0 Å². The normalized spacial score (nSPS) is 13.2. The van der Waals surface area contributed by atoms with Crippen molar-refractivity contribution >= 4 is 5.91 Å². The molecular weight excluding hydrogens is 398 g/mol. The third-order valence-corrected chi connectivity index (χ3v) is 6.52. The van der Waals surface area contributed by atoms with Gasteiger partial charge in [0.2, 0.25) is 5.91 Å². The first kappa shape index (κ1) is 30.6. The van der Waals surface area contributed by atoms with Gasteiger partial charge in [-0.3, -0.25) is 4.79 Å². The van der Waals surface area contributed by atoms with E-state index in [0.717, 1.165) is 32.5 Å². The number of nitriles is 1. The molecule has 0 fully saturated rings. The van der Waals surface area contributed by atoms with Crippen LogP contribution in [0.3, 0.4) is 0 Å². The van der Waals surface area contributed by atoms with Crippen molar-refractivity contribution in [2.45, 2.75) is 110 Å². The Hall–Kier alpha value is -1.38. The van der Waals surface area contributed by atoms with Crippen LogP contribution in [-0.4, -0.2) is 54.8 Å². The molecule has 0 saturated carbocycles. The SMILES string of the molecule is CCCCCCCC/C=C\CCCCCCCC(=O)NCC[N+](CC)(CCO)CCC#N. The number of hydrogen-bond donors (Lipinski definition) is 2. The highest BCUT2D eigenvalue weighted by Gasteiger charge is 2.24. The number of aliphatic hydroxyl groups is 1. The van der Waals surface area contributed by atoms with Crippen molar-refractivity contribution in [3.63, 3.8) is 0 Å². The molecule has 5 nitrogen and oxygen atoms in total. The maximum atomic E-state index is 12.1. The molecule has 1 unspecified atom stereocenters. The smallest absolute Gasteiger partial charge is 0.220 e. The van der Waals surface area contributed by atoms with Gasteiger partial charge in [0.05, 0.1) is 45.3 Å². The number of aliphatic hydroxyl groups excluding tert-OH is 1. The Kier molecular flexibility index (Phi) is 21.8. The summed E-state index contributed by atoms with van der Waals surface area (Å²) >= 11 is 0. The van der Waals surface area contributed by atoms with E-state index < -0.39 is 0 Å². The van der Waals surface area contributed by atoms with Crippen LogP contribution in [0.4, 0.5) is 0 Å². The van der Waals surface area contributed by atoms with E-state index in [4.69, 9.17) is 5.26 Å². The number of nitrogens with zero attached hydrogens (tertiary/aromatic N) is 2. The molecule has 0 aliphatic rings. The fraction of sp³-hybridized carbons (Fsp3) is 0.852. The van der Waals surface area contributed by atoms with Crippen LogP contribution in [-0.2, 0) is 4.79 Å². The maximum absolute atomic E-state index is 12.1. The van der Waals surface area contributed by atoms with Crippen molar-refractivity contribution in [3.8, 4) is 6.07 Å². The molecule has 0 aliphatic carbocycles. The number of amides is 1. The first-order valence-corrected chi connectivity index (χ1v) is 13.4. The number of carbonyl (C=O) groups is 1. The van der Waals surface area contributed by atoms with Crippen LogP contribution in [0, 0.1) is 11.3 Å². The van der Waals surface area contributed by atoms with Crippen LogP contribution in [0.15, 0.2) is 12.2 Å². The summed E-state index contributed by atoms with van der Waals surface area (Å²) < 4.78 is 0.692. The van der Waals surface area contributed by atoms with Gasteiger partial charge in [-0.2, -0.15) is 5.26 Å². The molecule has 0 saturated heterocycles. The predicted octanol–water partition coefficient (Wildman–Crippen LogP) is 5.88. The number of nitrogens with one attached hydrogen (secondary N) is 1. The maximum Gasteiger partial charge on any atom is 0.220 e. The lowest BCUT2D eigenvalue weighted by Gasteiger charge is -2.36. The zero-order valence-electron chi connectivity index (χ0n) is 21.3. The summed E-state index contributed by atoms with van der Waals surface area (Å²) in [4.78, 5) is 12.1. The molecule has 0 aromatic rings. The van der Waals surface area contributed by atoms with Gasteiger partial charge in [0, 0.05) is 6.42 Å². The molecule has 186 valence electrons. The van der Waals surface area contributed by atoms with E-state index in [1.54, 1.807) is 0 Å². The Labute approximate surface area is 198 Å². The molecule has 5 heteroatoms. The molecule has 0 rings (SSSR count). The molecule has 0 spiro atoms. The molecule has 0 aromatic carbocycles. The number of rotatable bonds is 23. The van der Waals surface area contributed by atoms with Crippen molar-refractivity contribution in [2.24, 2.45) is 0 Å². The second kappa shape index (κ2) is 22.8. The topological polar surface area (TPSA) is 73.1 Å². The van der Waals surface area contributed by atoms with E-state index >= 15 is 0 Å². The fourth-order valence-electron chi connectivity index (χ4n) is 4.19. The molecule has 0 heterocycles. The molecule has 32 heavy (non-hydrogen) atoms. The summed E-state index contributed by atoms with van der Waals surface area (Å²) in [6, 6.07) is 2.20. The van der Waals surface area contributed by atoms with Gasteiger partial charge in [-0.25, -0.2) is 0 Å². The van der Waals surface area contributed by atoms with Crippen molar-refractivity contribution < 1.29 is 14.4 Å². The highest BCUT2D eigenvalue weighted by molar-refractivity contribution is 5.75. The molecule has 1 amide bonds. The molecule has 0 aliphatic heterocycles. The molecular formula is C27H52N3O2+. The highest BCUT2D eigenvalue weighted by Crippen LogP contribution is 2.10. The highest BCUT2D eigenvalue weighted by atomic mass is 16.3. The van der Waals surface area contributed by atoms with E-state index in [1.165, 1.54) is 70.6 Å². The van der Waals surface area contributed by atoms with E-state index in [1.807, 2.05) is 0 Å². The largest absolute Gasteiger partial charge is 0.391 e. The van der Waals surface area contributed by atoms with Crippen LogP contribution in [0.25, 0.3) is 0 Å². The second-order valence-corrected chi connectivity index (χ2v) is 9.14. The number of quaternary nitrogens is 1. The van der Waals surface area contributed by atoms with Crippen LogP contribution in [0.1, 0.15) is 110 Å². The molecule has 0 bridgehead atoms. The molecule has 1 atom stereocenters. The monoisotopic (exact) mass is 450 g/mol. The second-order valence-electron chi connectivity index (χ2n) is 9.14. The van der Waals surface area contributed by atoms with Crippen LogP contribution in [0.5, 0.6) is 0 Å². The first-order chi connectivity index (χ1) is 15.6. The number of hydrogen-bond acceptors (Lipinski definition) is 3. The number of allylic oxidation sites excluding steroid dienone is 2. The summed E-state index contributed by atoms with van der Waals surface area (Å²) in [6.07, 6.45) is 22.2. The van der Waals surface area contributed by atoms with Crippen LogP contribution in [0.2, 0.25) is 0 Å². The minimum atomic E-state index is 0.113. The number of carbonyl (C=O) groups excluding carboxylic acids is 1. The summed E-state index contributed by atoms with van der Waals surface area (Å²) in [7, 11) is 0. The molecule has 2 N–H and O–H groups in total. The molecule has 0 radical (unpaired) electrons. The Balaban J connectivity index is 3.63. The molecule has 0 aromatic heterocycles. The van der Waals surface area contributed by atoms with Crippen molar-refractivity contribution in [1.82, 2.24) is 5.32 Å². The average Bonchev–Trinajstić information content (AvgIpc) is 2.80. The van der Waals surface area contributed by atoms with E-state index in [9.17, 15) is 9.90 Å². The lowest BCUT2D eigenvalue weighted by molar-refractivity contribution is -0.925. The van der Waals surface area contributed by atoms with Gasteiger partial charge in [0.15, 0.2) is 0 Å². The van der Waals surface area contributed by atoms with E-state index in [-0.39, 0.29) is 12.5 Å². The number of unbranched alkanes of at least 4 members (excludes halogenated alkanes) is 11. The number of likely N-dealkylation sites (N-methyl/N-ethyl adjacent to an activating group) is 1. The Morgan fingerprint density at radius 2 is 1.47 bits per heavy atom. The van der Waals surface area contributed by atoms with Crippen LogP contribution < -0.4 is 5.32 Å². The summed E-state index contributed by atoms with van der Waals surface area (Å²) in [5.41, 5.74) is 0. The Morgan fingerprint density at radius 1 is 0.875 bits per heavy atom. The third-order valence-electron chi connectivity index (χ3n) is 6.52. The van der Waals surface area contributed by atoms with Gasteiger partial charge < -0.3 is 14.9 Å². The lowest BCUT2D eigenvalue weighted by atomic mass is 10.1. The summed E-state index contributed by atoms with van der Waals surface area (Å²) in [5, 5.41) is 21.3. The van der Waals surface area contributed by atoms with Gasteiger partial charge in [-0.1, -0.05) is 70.4 Å². The Bertz CT molecular complexity index is 502. The standard InChI is InChI=1S/C27H51N3O2/c1-3-5-6-7-8-9-10-11-12-13-14-15-16-17-18-20-27(32)29-22-24-30(4-2,25-26-31)23-19-21-28/h11-12,31H,3-10,13-20,22-26H2,1-2H3/p+1/b12-11-. The van der Waals surface area contributed by atoms with Gasteiger partial charge in [0.1, 0.15) is 6.54 Å². The predicted molar refractivity (Wildman–Crippen MR) is 135 cm³/mol. The van der Waals surface area contributed by atoms with Gasteiger partial charge in [-0.15, -0.1) is 0 Å². The fourth-order valence-corrected chi connectivity index (χ4v) is 4.19. The van der Waals surface area contributed by atoms with Gasteiger partial charge in [-0.05, 0) is 39.0 Å². The van der Waals surface area contributed by atoms with E-state index in [2.05, 4.69) is 37.4 Å². The van der Waals surface area contributed by atoms with Crippen LogP contribution >= 0.6 is 0 Å². The minimum absolute atomic E-state index is 0.113. The van der Waals surface area contributed by atoms with Crippen molar-refractivity contribution in [2.75, 3.05) is 39.3 Å². The third kappa shape index (κ3) is 18.2. The van der Waals surface area contributed by atoms with E-state index in [0.29, 0.717) is 30.4 Å². The summed E-state index contributed by atoms with van der Waals surface area (Å²) in [5.74, 6) is 0.126. The quantitative estimate of drug-likeness (QED) is 0.116. The van der Waals surface area contributed by atoms with Crippen molar-refractivity contribution in [1.29, 1.82) is 5.26 Å².